The quantitative estimate of drug-likeness (QED) is 0.114. The molecule has 0 saturated heterocycles. The maximum Gasteiger partial charge on any atom is 0.360 e. The number of oxazole rings is 2. The Morgan fingerprint density at radius 2 is 1.39 bits per heavy atom. The zero-order chi connectivity index (χ0) is 44.6. The summed E-state index contributed by atoms with van der Waals surface area (Å²) in [6.45, 7) is 13.8. The Labute approximate surface area is 360 Å². The molecule has 0 amide bonds. The number of ketones is 1. The Balaban J connectivity index is 1.75. The second-order valence-electron chi connectivity index (χ2n) is 15.6. The van der Waals surface area contributed by atoms with Crippen LogP contribution in [0.3, 0.4) is 0 Å². The van der Waals surface area contributed by atoms with Gasteiger partial charge in [-0.15, -0.1) is 0 Å². The average molecular weight is 834 g/mol. The lowest BCUT2D eigenvalue weighted by molar-refractivity contribution is -0.163. The highest BCUT2D eigenvalue weighted by atomic mass is 16.6. The number of fused-ring (bicyclic) bond motifs is 4. The molecule has 0 spiro atoms. The Kier molecular flexibility index (Phi) is 17.8. The molecule has 325 valence electrons. The number of hydrogen-bond acceptors (Lipinski definition) is 11. The van der Waals surface area contributed by atoms with Gasteiger partial charge < -0.3 is 23.0 Å². The minimum atomic E-state index is -1.24. The molecule has 0 aromatic carbocycles. The van der Waals surface area contributed by atoms with Gasteiger partial charge >= 0.3 is 17.9 Å². The van der Waals surface area contributed by atoms with Crippen molar-refractivity contribution in [1.82, 2.24) is 9.97 Å². The molecule has 1 radical (unpaired) electrons. The second-order valence-corrected chi connectivity index (χ2v) is 15.6. The Hall–Kier alpha value is -5.84. The van der Waals surface area contributed by atoms with Gasteiger partial charge in [-0.3, -0.25) is 14.4 Å². The summed E-state index contributed by atoms with van der Waals surface area (Å²) in [4.78, 5) is 63.6. The van der Waals surface area contributed by atoms with E-state index in [-0.39, 0.29) is 59.1 Å². The number of esters is 3. The number of methoxy groups -OCH3 is 2. The summed E-state index contributed by atoms with van der Waals surface area (Å²) in [7, 11) is 2.73. The predicted molar refractivity (Wildman–Crippen MR) is 237 cm³/mol. The fourth-order valence-electron chi connectivity index (χ4n) is 7.90. The van der Waals surface area contributed by atoms with Gasteiger partial charge in [0.15, 0.2) is 5.69 Å². The normalized spacial score (nSPS) is 24.1. The van der Waals surface area contributed by atoms with Crippen molar-refractivity contribution >= 4 is 35.8 Å². The van der Waals surface area contributed by atoms with Crippen LogP contribution in [0.4, 0.5) is 0 Å². The zero-order valence-electron chi connectivity index (χ0n) is 37.0. The lowest BCUT2D eigenvalue weighted by atomic mass is 9.64. The third-order valence-corrected chi connectivity index (χ3v) is 11.7. The summed E-state index contributed by atoms with van der Waals surface area (Å²) in [5.41, 5.74) is 0.281. The van der Waals surface area contributed by atoms with Crippen LogP contribution in [-0.4, -0.2) is 54.0 Å². The number of nitrogens with zero attached hydrogens (tertiary/aromatic N) is 2. The molecule has 1 aliphatic carbocycles. The summed E-state index contributed by atoms with van der Waals surface area (Å²) in [6, 6.07) is 0. The van der Waals surface area contributed by atoms with E-state index < -0.39 is 28.9 Å². The van der Waals surface area contributed by atoms with Crippen LogP contribution in [0.25, 0.3) is 12.2 Å². The van der Waals surface area contributed by atoms with E-state index in [1.54, 1.807) is 55.5 Å². The minimum absolute atomic E-state index is 0.0434. The highest BCUT2D eigenvalue weighted by Gasteiger charge is 2.52. The van der Waals surface area contributed by atoms with Crippen LogP contribution in [0.5, 0.6) is 0 Å². The molecule has 0 saturated carbocycles. The van der Waals surface area contributed by atoms with E-state index in [1.165, 1.54) is 26.7 Å². The highest BCUT2D eigenvalue weighted by molar-refractivity contribution is 6.14. The standard InChI is InChI=1S/C50H61N2O9/c1-10-24-36(25-11-2)49(6,47(55)57-8)39-26-20-16-14-18-23-29-44-52-41(33-60-44)46(54)61-42(50(7,48(56)58-9)35(13-4)30-34(5)12-3)27-21-17-15-19-22-28-43-51-40(32-59-43)45(53)38-31-37(38)39/h10,14-24,28-33,35-36,39,42H,11-13,25-27H2,1-9H3/b18-14+,19-15+,20-16-,21-17-,24-10+,28-22+,29-23+,34-30-. The predicted octanol–water partition coefficient (Wildman–Crippen LogP) is 11.0. The van der Waals surface area contributed by atoms with Gasteiger partial charge in [-0.1, -0.05) is 112 Å². The molecular weight excluding hydrogens is 773 g/mol. The van der Waals surface area contributed by atoms with Gasteiger partial charge in [0.2, 0.25) is 17.6 Å². The Bertz CT molecular complexity index is 2140. The second kappa shape index (κ2) is 22.7. The van der Waals surface area contributed by atoms with E-state index in [9.17, 15) is 19.2 Å². The van der Waals surface area contributed by atoms with Gasteiger partial charge in [-0.05, 0) is 70.8 Å². The molecule has 2 aromatic heterocycles. The number of aromatic nitrogens is 2. The van der Waals surface area contributed by atoms with Crippen LogP contribution in [0.2, 0.25) is 0 Å². The fraction of sp³-hybridized carbons (Fsp3) is 0.420. The molecule has 11 nitrogen and oxygen atoms in total. The summed E-state index contributed by atoms with van der Waals surface area (Å²) in [5.74, 6) is -2.27. The molecule has 4 rings (SSSR count). The summed E-state index contributed by atoms with van der Waals surface area (Å²) < 4.78 is 28.1. The number of carbonyl (C=O) groups is 4. The summed E-state index contributed by atoms with van der Waals surface area (Å²) in [6.07, 6.45) is 34.4. The molecule has 6 unspecified atom stereocenters. The van der Waals surface area contributed by atoms with Crippen molar-refractivity contribution in [3.05, 3.63) is 138 Å². The van der Waals surface area contributed by atoms with E-state index in [2.05, 4.69) is 29.0 Å². The van der Waals surface area contributed by atoms with Crippen LogP contribution in [0, 0.1) is 35.0 Å². The molecule has 1 aliphatic heterocycles. The van der Waals surface area contributed by atoms with E-state index in [4.69, 9.17) is 23.0 Å². The first kappa shape index (κ1) is 47.8. The maximum atomic E-state index is 13.8. The van der Waals surface area contributed by atoms with E-state index in [0.717, 1.165) is 30.4 Å². The number of rotatable bonds is 12. The van der Waals surface area contributed by atoms with Gasteiger partial charge in [-0.25, -0.2) is 14.8 Å². The van der Waals surface area contributed by atoms with Crippen LogP contribution in [0.1, 0.15) is 120 Å². The zero-order valence-corrected chi connectivity index (χ0v) is 37.0. The lowest BCUT2D eigenvalue weighted by Crippen LogP contribution is -2.48. The molecule has 4 bridgehead atoms. The Morgan fingerprint density at radius 1 is 0.820 bits per heavy atom. The van der Waals surface area contributed by atoms with Crippen molar-refractivity contribution in [3.8, 4) is 0 Å². The van der Waals surface area contributed by atoms with Crippen LogP contribution >= 0.6 is 0 Å². The molecule has 2 aromatic rings. The van der Waals surface area contributed by atoms with Crippen LogP contribution in [-0.2, 0) is 23.8 Å². The maximum absolute atomic E-state index is 13.8. The molecular formula is C50H61N2O9. The highest BCUT2D eigenvalue weighted by Crippen LogP contribution is 2.52. The molecule has 3 heterocycles. The molecule has 6 atom stereocenters. The van der Waals surface area contributed by atoms with Crippen molar-refractivity contribution in [2.45, 2.75) is 93.1 Å². The van der Waals surface area contributed by atoms with Gasteiger partial charge in [0.05, 0.1) is 19.6 Å². The first-order chi connectivity index (χ1) is 29.3. The number of hydrogen-bond donors (Lipinski definition) is 0. The largest absolute Gasteiger partial charge is 0.469 e. The van der Waals surface area contributed by atoms with Crippen molar-refractivity contribution in [2.24, 2.45) is 28.6 Å². The third kappa shape index (κ3) is 11.7. The molecule has 11 heteroatoms. The smallest absolute Gasteiger partial charge is 0.360 e. The number of ether oxygens (including phenoxy) is 3. The summed E-state index contributed by atoms with van der Waals surface area (Å²) in [5, 5.41) is 0. The molecule has 2 aliphatic rings. The number of cyclic esters (lactones) is 1. The van der Waals surface area contributed by atoms with Crippen molar-refractivity contribution in [1.29, 1.82) is 0 Å². The van der Waals surface area contributed by atoms with Crippen LogP contribution < -0.4 is 0 Å². The van der Waals surface area contributed by atoms with E-state index in [0.29, 0.717) is 18.4 Å². The Morgan fingerprint density at radius 3 is 1.97 bits per heavy atom. The van der Waals surface area contributed by atoms with Crippen molar-refractivity contribution < 1.29 is 42.2 Å². The third-order valence-electron chi connectivity index (χ3n) is 11.7. The van der Waals surface area contributed by atoms with Gasteiger partial charge in [-0.2, -0.15) is 0 Å². The SMILES string of the molecule is C/C=C/C(CCC)C(C)(C(=O)OC)C1C\C=C/C=C/C=C/c2nc(co2)C(=O)OC(C(C)(C(=O)OC)C(/C=C(/C)CC)CC)C\C=C/C=C/C=C/c2nc(co2)C(=O)C2=C1[CH]2. The topological polar surface area (TPSA) is 148 Å². The van der Waals surface area contributed by atoms with E-state index in [1.807, 2.05) is 71.4 Å². The first-order valence-corrected chi connectivity index (χ1v) is 21.1. The number of allylic oxidation sites excluding steroid dienone is 15. The first-order valence-electron chi connectivity index (χ1n) is 21.1. The van der Waals surface area contributed by atoms with Crippen molar-refractivity contribution in [2.75, 3.05) is 14.2 Å². The van der Waals surface area contributed by atoms with Gasteiger partial charge in [0.25, 0.3) is 0 Å². The monoisotopic (exact) mass is 833 g/mol. The summed E-state index contributed by atoms with van der Waals surface area (Å²) >= 11 is 0. The number of carbonyl (C=O) groups excluding carboxylic acids is 4. The molecule has 61 heavy (non-hydrogen) atoms. The van der Waals surface area contributed by atoms with Crippen LogP contribution in [0.15, 0.2) is 117 Å². The van der Waals surface area contributed by atoms with E-state index >= 15 is 0 Å². The molecule has 0 fully saturated rings. The average Bonchev–Trinajstić information content (AvgIpc) is 3.63. The lowest BCUT2D eigenvalue weighted by Gasteiger charge is -2.39. The number of Topliss-reactive ketones (excluding diaryl/α,β-unsaturated/α-hetero) is 1. The van der Waals surface area contributed by atoms with Gasteiger partial charge in [0, 0.05) is 36.5 Å². The van der Waals surface area contributed by atoms with Crippen molar-refractivity contribution in [3.63, 3.8) is 0 Å². The van der Waals surface area contributed by atoms with Gasteiger partial charge in [0.1, 0.15) is 29.7 Å². The minimum Gasteiger partial charge on any atom is -0.469 e. The molecule has 0 N–H and O–H groups in total. The fourth-order valence-corrected chi connectivity index (χ4v) is 7.90.